The molecule has 1 amide bonds. The van der Waals surface area contributed by atoms with E-state index in [1.165, 1.54) is 22.5 Å². The first-order valence-electron chi connectivity index (χ1n) is 9.97. The summed E-state index contributed by atoms with van der Waals surface area (Å²) in [6, 6.07) is 6.27. The standard InChI is InChI=1S/C22H29N3OS/c1-22(2,3)17-4-5-19-16(14-17)15-20(27-19)21(26)25-12-10-24(11-13-25)18-6-8-23-9-7-18/h6-9,15,17H,4-5,10-14H2,1-3H3/t17-/m1/s1. The van der Waals surface area contributed by atoms with E-state index in [1.54, 1.807) is 11.3 Å². The number of hydrogen-bond donors (Lipinski definition) is 0. The Hall–Kier alpha value is -1.88. The fourth-order valence-electron chi connectivity index (χ4n) is 4.25. The second-order valence-corrected chi connectivity index (χ2v) is 9.99. The molecule has 0 aromatic carbocycles. The normalized spacial score (nSPS) is 20.5. The number of nitrogens with zero attached hydrogens (tertiary/aromatic N) is 3. The lowest BCUT2D eigenvalue weighted by Gasteiger charge is -2.35. The minimum atomic E-state index is 0.219. The zero-order valence-electron chi connectivity index (χ0n) is 16.6. The molecule has 0 saturated carbocycles. The number of fused-ring (bicyclic) bond motifs is 1. The number of aromatic nitrogens is 1. The molecule has 0 bridgehead atoms. The number of amides is 1. The summed E-state index contributed by atoms with van der Waals surface area (Å²) in [6.45, 7) is 10.3. The molecular formula is C22H29N3OS. The molecule has 1 aliphatic carbocycles. The molecule has 3 heterocycles. The highest BCUT2D eigenvalue weighted by molar-refractivity contribution is 7.14. The number of carbonyl (C=O) groups excluding carboxylic acids is 1. The molecule has 0 unspecified atom stereocenters. The van der Waals surface area contributed by atoms with Gasteiger partial charge in [-0.2, -0.15) is 0 Å². The SMILES string of the molecule is CC(C)(C)[C@@H]1CCc2sc(C(=O)N3CCN(c4ccncc4)CC3)cc2C1. The van der Waals surface area contributed by atoms with Crippen molar-refractivity contribution in [1.82, 2.24) is 9.88 Å². The Morgan fingerprint density at radius 1 is 1.15 bits per heavy atom. The molecule has 27 heavy (non-hydrogen) atoms. The summed E-state index contributed by atoms with van der Waals surface area (Å²) < 4.78 is 0. The molecule has 1 fully saturated rings. The van der Waals surface area contributed by atoms with Crippen molar-refractivity contribution in [2.75, 3.05) is 31.1 Å². The van der Waals surface area contributed by atoms with Gasteiger partial charge in [-0.05, 0) is 54.4 Å². The van der Waals surface area contributed by atoms with Gasteiger partial charge in [0.2, 0.25) is 0 Å². The van der Waals surface area contributed by atoms with Crippen LogP contribution in [-0.2, 0) is 12.8 Å². The molecule has 4 nitrogen and oxygen atoms in total. The Kier molecular flexibility index (Phi) is 4.97. The Bertz CT molecular complexity index is 801. The summed E-state index contributed by atoms with van der Waals surface area (Å²) in [4.78, 5) is 23.9. The van der Waals surface area contributed by atoms with E-state index in [1.807, 2.05) is 29.4 Å². The number of hydrogen-bond acceptors (Lipinski definition) is 4. The van der Waals surface area contributed by atoms with Crippen LogP contribution < -0.4 is 4.90 Å². The van der Waals surface area contributed by atoms with Crippen molar-refractivity contribution >= 4 is 22.9 Å². The second-order valence-electron chi connectivity index (χ2n) is 8.85. The first kappa shape index (κ1) is 18.5. The van der Waals surface area contributed by atoms with Gasteiger partial charge in [0, 0.05) is 49.1 Å². The Morgan fingerprint density at radius 2 is 1.85 bits per heavy atom. The van der Waals surface area contributed by atoms with Crippen molar-refractivity contribution in [2.45, 2.75) is 40.0 Å². The maximum absolute atomic E-state index is 13.0. The summed E-state index contributed by atoms with van der Waals surface area (Å²) >= 11 is 1.73. The number of pyridine rings is 1. The summed E-state index contributed by atoms with van der Waals surface area (Å²) in [5, 5.41) is 0. The molecule has 4 rings (SSSR count). The third-order valence-corrected chi connectivity index (χ3v) is 7.34. The lowest BCUT2D eigenvalue weighted by molar-refractivity contribution is 0.0751. The van der Waals surface area contributed by atoms with Crippen LogP contribution >= 0.6 is 11.3 Å². The highest BCUT2D eigenvalue weighted by Gasteiger charge is 2.31. The number of carbonyl (C=O) groups is 1. The second kappa shape index (κ2) is 7.27. The van der Waals surface area contributed by atoms with Crippen LogP contribution in [0.2, 0.25) is 0 Å². The summed E-state index contributed by atoms with van der Waals surface area (Å²) in [5.74, 6) is 0.933. The molecule has 0 spiro atoms. The fraction of sp³-hybridized carbons (Fsp3) is 0.545. The Morgan fingerprint density at radius 3 is 2.52 bits per heavy atom. The smallest absolute Gasteiger partial charge is 0.264 e. The third kappa shape index (κ3) is 3.88. The van der Waals surface area contributed by atoms with Crippen LogP contribution in [0.4, 0.5) is 5.69 Å². The van der Waals surface area contributed by atoms with Crippen molar-refractivity contribution in [3.63, 3.8) is 0 Å². The predicted molar refractivity (Wildman–Crippen MR) is 112 cm³/mol. The zero-order chi connectivity index (χ0) is 19.0. The van der Waals surface area contributed by atoms with E-state index < -0.39 is 0 Å². The van der Waals surface area contributed by atoms with Crippen LogP contribution in [-0.4, -0.2) is 42.0 Å². The van der Waals surface area contributed by atoms with Crippen LogP contribution in [0.15, 0.2) is 30.6 Å². The predicted octanol–water partition coefficient (Wildman–Crippen LogP) is 4.26. The fourth-order valence-corrected chi connectivity index (χ4v) is 5.42. The molecule has 1 aliphatic heterocycles. The lowest BCUT2D eigenvalue weighted by atomic mass is 9.72. The summed E-state index contributed by atoms with van der Waals surface area (Å²) in [6.07, 6.45) is 7.15. The number of anilines is 1. The average Bonchev–Trinajstić information content (AvgIpc) is 3.11. The molecule has 0 N–H and O–H groups in total. The van der Waals surface area contributed by atoms with Gasteiger partial charge >= 0.3 is 0 Å². The number of rotatable bonds is 2. The molecule has 144 valence electrons. The van der Waals surface area contributed by atoms with Gasteiger partial charge in [0.25, 0.3) is 5.91 Å². The minimum absolute atomic E-state index is 0.219. The first-order chi connectivity index (χ1) is 12.9. The van der Waals surface area contributed by atoms with Crippen molar-refractivity contribution in [3.8, 4) is 0 Å². The van der Waals surface area contributed by atoms with Crippen molar-refractivity contribution < 1.29 is 4.79 Å². The molecule has 2 aromatic rings. The zero-order valence-corrected chi connectivity index (χ0v) is 17.4. The largest absolute Gasteiger partial charge is 0.368 e. The van der Waals surface area contributed by atoms with Gasteiger partial charge in [-0.25, -0.2) is 0 Å². The number of thiophene rings is 1. The van der Waals surface area contributed by atoms with Crippen LogP contribution in [0.3, 0.4) is 0 Å². The summed E-state index contributed by atoms with van der Waals surface area (Å²) in [7, 11) is 0. The maximum atomic E-state index is 13.0. The minimum Gasteiger partial charge on any atom is -0.368 e. The van der Waals surface area contributed by atoms with Crippen molar-refractivity contribution in [1.29, 1.82) is 0 Å². The van der Waals surface area contributed by atoms with Gasteiger partial charge < -0.3 is 9.80 Å². The van der Waals surface area contributed by atoms with Crippen LogP contribution in [0.5, 0.6) is 0 Å². The van der Waals surface area contributed by atoms with Gasteiger partial charge in [0.1, 0.15) is 0 Å². The topological polar surface area (TPSA) is 36.4 Å². The van der Waals surface area contributed by atoms with Crippen LogP contribution in [0, 0.1) is 11.3 Å². The maximum Gasteiger partial charge on any atom is 0.264 e. The van der Waals surface area contributed by atoms with E-state index in [2.05, 4.69) is 36.7 Å². The quantitative estimate of drug-likeness (QED) is 0.778. The number of piperazine rings is 1. The molecular weight excluding hydrogens is 354 g/mol. The molecule has 2 aliphatic rings. The van der Waals surface area contributed by atoms with E-state index in [0.717, 1.165) is 43.9 Å². The summed E-state index contributed by atoms with van der Waals surface area (Å²) in [5.41, 5.74) is 2.95. The first-order valence-corrected chi connectivity index (χ1v) is 10.8. The highest BCUT2D eigenvalue weighted by atomic mass is 32.1. The Balaban J connectivity index is 1.41. The number of aryl methyl sites for hydroxylation is 1. The lowest BCUT2D eigenvalue weighted by Crippen LogP contribution is -2.48. The van der Waals surface area contributed by atoms with Gasteiger partial charge in [0.15, 0.2) is 0 Å². The van der Waals surface area contributed by atoms with E-state index in [0.29, 0.717) is 11.3 Å². The highest BCUT2D eigenvalue weighted by Crippen LogP contribution is 2.40. The monoisotopic (exact) mass is 383 g/mol. The van der Waals surface area contributed by atoms with Gasteiger partial charge in [-0.1, -0.05) is 20.8 Å². The van der Waals surface area contributed by atoms with Gasteiger partial charge in [-0.3, -0.25) is 9.78 Å². The van der Waals surface area contributed by atoms with E-state index in [4.69, 9.17) is 0 Å². The van der Waals surface area contributed by atoms with Gasteiger partial charge in [0.05, 0.1) is 4.88 Å². The Labute approximate surface area is 166 Å². The third-order valence-electron chi connectivity index (χ3n) is 6.11. The van der Waals surface area contributed by atoms with Crippen molar-refractivity contribution in [2.24, 2.45) is 11.3 Å². The molecule has 5 heteroatoms. The van der Waals surface area contributed by atoms with E-state index in [9.17, 15) is 4.79 Å². The molecule has 1 saturated heterocycles. The molecule has 1 atom stereocenters. The van der Waals surface area contributed by atoms with Gasteiger partial charge in [-0.15, -0.1) is 11.3 Å². The molecule has 2 aromatic heterocycles. The van der Waals surface area contributed by atoms with Crippen molar-refractivity contribution in [3.05, 3.63) is 45.9 Å². The average molecular weight is 384 g/mol. The van der Waals surface area contributed by atoms with Crippen LogP contribution in [0.1, 0.15) is 47.3 Å². The molecule has 0 radical (unpaired) electrons. The van der Waals surface area contributed by atoms with Crippen LogP contribution in [0.25, 0.3) is 0 Å². The van der Waals surface area contributed by atoms with E-state index in [-0.39, 0.29) is 5.91 Å². The van der Waals surface area contributed by atoms with E-state index >= 15 is 0 Å².